The molecule has 15 heavy (non-hydrogen) atoms. The van der Waals surface area contributed by atoms with Gasteiger partial charge in [-0.15, -0.1) is 11.8 Å². The number of nitro benzene ring substituents is 1. The summed E-state index contributed by atoms with van der Waals surface area (Å²) >= 11 is 1.55. The fourth-order valence-corrected chi connectivity index (χ4v) is 1.85. The molecule has 4 nitrogen and oxygen atoms in total. The van der Waals surface area contributed by atoms with Crippen LogP contribution >= 0.6 is 11.8 Å². The number of non-ortho nitro benzene ring substituents is 1. The predicted molar refractivity (Wildman–Crippen MR) is 58.5 cm³/mol. The molecule has 0 fully saturated rings. The third-order valence-corrected chi connectivity index (χ3v) is 3.21. The van der Waals surface area contributed by atoms with Gasteiger partial charge >= 0.3 is 0 Å². The summed E-state index contributed by atoms with van der Waals surface area (Å²) in [6.07, 6.45) is 0. The van der Waals surface area contributed by atoms with Crippen LogP contribution in [0.25, 0.3) is 0 Å². The zero-order chi connectivity index (χ0) is 11.3. The van der Waals surface area contributed by atoms with Crippen LogP contribution < -0.4 is 0 Å². The van der Waals surface area contributed by atoms with E-state index in [2.05, 4.69) is 0 Å². The van der Waals surface area contributed by atoms with Crippen LogP contribution in [-0.4, -0.2) is 17.3 Å². The number of nitro groups is 1. The van der Waals surface area contributed by atoms with Gasteiger partial charge in [0.05, 0.1) is 11.5 Å². The van der Waals surface area contributed by atoms with Gasteiger partial charge < -0.3 is 0 Å². The lowest BCUT2D eigenvalue weighted by Gasteiger charge is -2.05. The first-order valence-corrected chi connectivity index (χ1v) is 5.57. The van der Waals surface area contributed by atoms with Crippen molar-refractivity contribution in [2.45, 2.75) is 11.8 Å². The third kappa shape index (κ3) is 3.89. The highest BCUT2D eigenvalue weighted by molar-refractivity contribution is 7.99. The molecule has 0 heterocycles. The number of thioether (sulfide) groups is 1. The van der Waals surface area contributed by atoms with Crippen LogP contribution in [0.1, 0.15) is 6.92 Å². The average molecular weight is 226 g/mol. The molecule has 0 aliphatic rings. The van der Waals surface area contributed by atoms with Gasteiger partial charge in [-0.3, -0.25) is 10.1 Å². The largest absolute Gasteiger partial charge is 0.269 e. The van der Waals surface area contributed by atoms with Crippen molar-refractivity contribution in [2.24, 2.45) is 5.92 Å². The molecule has 5 heteroatoms. The van der Waals surface area contributed by atoms with E-state index >= 15 is 0 Å². The molecule has 0 amide bonds. The molecule has 1 rings (SSSR count). The van der Waals surface area contributed by atoms with Gasteiger partial charge in [0.25, 0.3) is 5.69 Å². The monoisotopic (exact) mass is 226 g/mol. The fraction of sp³-hybridized carbons (Fsp3) is 0.400. The van der Waals surface area contributed by atoms with Gasteiger partial charge in [-0.05, 0) is 18.1 Å². The van der Waals surface area contributed by atoms with Crippen LogP contribution in [0.4, 0.5) is 5.69 Å². The van der Waals surface area contributed by atoms with Gasteiger partial charge in [-0.1, -0.05) is 6.92 Å². The predicted octanol–water partition coefficient (Wildman–Crippen LogP) is 2.75. The zero-order valence-corrected chi connectivity index (χ0v) is 9.20. The van der Waals surface area contributed by atoms with Crippen molar-refractivity contribution in [1.29, 1.82) is 0 Å². The molecular formula is C10H12NO3S. The van der Waals surface area contributed by atoms with E-state index in [-0.39, 0.29) is 18.2 Å². The van der Waals surface area contributed by atoms with E-state index in [1.165, 1.54) is 12.1 Å². The summed E-state index contributed by atoms with van der Waals surface area (Å²) in [4.78, 5) is 10.9. The van der Waals surface area contributed by atoms with Gasteiger partial charge in [0.1, 0.15) is 0 Å². The van der Waals surface area contributed by atoms with E-state index in [1.807, 2.05) is 6.92 Å². The lowest BCUT2D eigenvalue weighted by molar-refractivity contribution is -0.384. The van der Waals surface area contributed by atoms with Crippen molar-refractivity contribution in [3.05, 3.63) is 34.4 Å². The van der Waals surface area contributed by atoms with Gasteiger partial charge in [-0.2, -0.15) is 0 Å². The first kappa shape index (κ1) is 12.0. The summed E-state index contributed by atoms with van der Waals surface area (Å²) in [5, 5.41) is 20.9. The Kier molecular flexibility index (Phi) is 4.58. The fourth-order valence-electron chi connectivity index (χ4n) is 0.951. The first-order valence-electron chi connectivity index (χ1n) is 4.59. The molecule has 1 aromatic rings. The molecule has 0 spiro atoms. The lowest BCUT2D eigenvalue weighted by Crippen LogP contribution is -2.01. The van der Waals surface area contributed by atoms with Crippen molar-refractivity contribution in [3.8, 4) is 0 Å². The summed E-state index contributed by atoms with van der Waals surface area (Å²) in [6.45, 7) is 1.81. The SMILES string of the molecule is CC(C[O])CSc1ccc([N+](=O)[O-])cc1. The van der Waals surface area contributed by atoms with E-state index in [9.17, 15) is 15.2 Å². The van der Waals surface area contributed by atoms with Gasteiger partial charge in [0.2, 0.25) is 0 Å². The van der Waals surface area contributed by atoms with Crippen LogP contribution in [-0.2, 0) is 5.11 Å². The molecule has 1 radical (unpaired) electrons. The normalized spacial score (nSPS) is 12.4. The number of benzene rings is 1. The van der Waals surface area contributed by atoms with Crippen LogP contribution in [0.15, 0.2) is 29.2 Å². The van der Waals surface area contributed by atoms with Gasteiger partial charge in [0, 0.05) is 22.8 Å². The molecule has 81 valence electrons. The van der Waals surface area contributed by atoms with Crippen LogP contribution in [0.2, 0.25) is 0 Å². The number of nitrogens with zero attached hydrogens (tertiary/aromatic N) is 1. The lowest BCUT2D eigenvalue weighted by atomic mass is 10.2. The Bertz CT molecular complexity index is 326. The maximum absolute atomic E-state index is 10.5. The zero-order valence-electron chi connectivity index (χ0n) is 8.38. The summed E-state index contributed by atoms with van der Waals surface area (Å²) in [6, 6.07) is 6.37. The molecule has 1 unspecified atom stereocenters. The standard InChI is InChI=1S/C10H12NO3S/c1-8(6-12)7-15-10-4-2-9(3-5-10)11(13)14/h2-5,8H,6-7H2,1H3. The highest BCUT2D eigenvalue weighted by Gasteiger charge is 2.05. The maximum atomic E-state index is 10.5. The maximum Gasteiger partial charge on any atom is 0.269 e. The first-order chi connectivity index (χ1) is 7.13. The smallest absolute Gasteiger partial charge is 0.258 e. The molecule has 0 saturated heterocycles. The van der Waals surface area contributed by atoms with Gasteiger partial charge in [0.15, 0.2) is 0 Å². The van der Waals surface area contributed by atoms with E-state index in [4.69, 9.17) is 0 Å². The molecule has 0 saturated carbocycles. The summed E-state index contributed by atoms with van der Waals surface area (Å²) in [5.74, 6) is 0.881. The third-order valence-electron chi connectivity index (χ3n) is 1.87. The van der Waals surface area contributed by atoms with E-state index in [1.54, 1.807) is 23.9 Å². The highest BCUT2D eigenvalue weighted by Crippen LogP contribution is 2.23. The minimum absolute atomic E-state index is 0.0834. The summed E-state index contributed by atoms with van der Waals surface area (Å²) < 4.78 is 0. The van der Waals surface area contributed by atoms with Gasteiger partial charge in [-0.25, -0.2) is 5.11 Å². The minimum atomic E-state index is -0.422. The molecule has 0 aromatic heterocycles. The second-order valence-corrected chi connectivity index (χ2v) is 4.43. The molecule has 0 N–H and O–H groups in total. The minimum Gasteiger partial charge on any atom is -0.258 e. The summed E-state index contributed by atoms with van der Waals surface area (Å²) in [7, 11) is 0. The Morgan fingerprint density at radius 2 is 2.00 bits per heavy atom. The second kappa shape index (κ2) is 5.72. The Balaban J connectivity index is 2.53. The number of hydrogen-bond donors (Lipinski definition) is 0. The highest BCUT2D eigenvalue weighted by atomic mass is 32.2. The Morgan fingerprint density at radius 3 is 2.47 bits per heavy atom. The van der Waals surface area contributed by atoms with Crippen LogP contribution in [0.3, 0.4) is 0 Å². The van der Waals surface area contributed by atoms with Crippen molar-refractivity contribution in [1.82, 2.24) is 0 Å². The van der Waals surface area contributed by atoms with Crippen molar-refractivity contribution in [2.75, 3.05) is 12.4 Å². The molecule has 0 bridgehead atoms. The van der Waals surface area contributed by atoms with E-state index < -0.39 is 4.92 Å². The Labute approximate surface area is 92.5 Å². The average Bonchev–Trinajstić information content (AvgIpc) is 2.26. The van der Waals surface area contributed by atoms with E-state index in [0.29, 0.717) is 0 Å². The number of rotatable bonds is 5. The molecule has 1 aromatic carbocycles. The Hall–Kier alpha value is -1.07. The van der Waals surface area contributed by atoms with Crippen molar-refractivity contribution < 1.29 is 10.0 Å². The molecular weight excluding hydrogens is 214 g/mol. The number of hydrogen-bond acceptors (Lipinski definition) is 3. The Morgan fingerprint density at radius 1 is 1.40 bits per heavy atom. The van der Waals surface area contributed by atoms with E-state index in [0.717, 1.165) is 10.6 Å². The molecule has 0 aliphatic heterocycles. The van der Waals surface area contributed by atoms with Crippen molar-refractivity contribution >= 4 is 17.4 Å². The summed E-state index contributed by atoms with van der Waals surface area (Å²) in [5.41, 5.74) is 0.0937. The molecule has 1 atom stereocenters. The second-order valence-electron chi connectivity index (χ2n) is 3.33. The van der Waals surface area contributed by atoms with Crippen LogP contribution in [0, 0.1) is 16.0 Å². The quantitative estimate of drug-likeness (QED) is 0.440. The van der Waals surface area contributed by atoms with Crippen molar-refractivity contribution in [3.63, 3.8) is 0 Å². The molecule has 0 aliphatic carbocycles. The van der Waals surface area contributed by atoms with Crippen LogP contribution in [0.5, 0.6) is 0 Å². The topological polar surface area (TPSA) is 63.0 Å².